The Morgan fingerprint density at radius 2 is 1.93 bits per heavy atom. The fourth-order valence-corrected chi connectivity index (χ4v) is 5.56. The summed E-state index contributed by atoms with van der Waals surface area (Å²) in [5.74, 6) is 0.0954. The molecule has 3 aromatic rings. The van der Waals surface area contributed by atoms with E-state index in [0.717, 1.165) is 35.3 Å². The minimum Gasteiger partial charge on any atom is -0.321 e. The van der Waals surface area contributed by atoms with Crippen LogP contribution in [0.3, 0.4) is 0 Å². The predicted molar refractivity (Wildman–Crippen MR) is 116 cm³/mol. The summed E-state index contributed by atoms with van der Waals surface area (Å²) < 4.78 is 1.23. The molecule has 4 rings (SSSR count). The highest BCUT2D eigenvalue weighted by atomic mass is 32.1. The zero-order chi connectivity index (χ0) is 19.7. The molecule has 28 heavy (non-hydrogen) atoms. The molecule has 2 N–H and O–H groups in total. The summed E-state index contributed by atoms with van der Waals surface area (Å²) >= 11 is 1.78. The Morgan fingerprint density at radius 3 is 2.68 bits per heavy atom. The second kappa shape index (κ2) is 8.02. The summed E-state index contributed by atoms with van der Waals surface area (Å²) in [6.07, 6.45) is 3.49. The molecule has 2 aromatic carbocycles. The number of anilines is 1. The first-order chi connectivity index (χ1) is 13.5. The first kappa shape index (κ1) is 19.1. The van der Waals surface area contributed by atoms with Crippen molar-refractivity contribution in [2.45, 2.75) is 46.1 Å². The number of amides is 1. The number of hydrogen-bond acceptors (Lipinski definition) is 3. The van der Waals surface area contributed by atoms with Crippen LogP contribution in [-0.4, -0.2) is 24.0 Å². The van der Waals surface area contributed by atoms with Gasteiger partial charge >= 0.3 is 0 Å². The van der Waals surface area contributed by atoms with Crippen molar-refractivity contribution < 1.29 is 9.69 Å². The normalized spacial score (nSPS) is 19.7. The topological polar surface area (TPSA) is 46.4 Å². The summed E-state index contributed by atoms with van der Waals surface area (Å²) in [7, 11) is 0. The fourth-order valence-electron chi connectivity index (χ4n) is 4.39. The van der Waals surface area contributed by atoms with Crippen LogP contribution < -0.4 is 10.2 Å². The van der Waals surface area contributed by atoms with Crippen molar-refractivity contribution in [2.75, 3.05) is 18.4 Å². The third-order valence-corrected chi connectivity index (χ3v) is 6.82. The molecule has 0 spiro atoms. The van der Waals surface area contributed by atoms with Crippen molar-refractivity contribution >= 4 is 33.1 Å². The lowest BCUT2D eigenvalue weighted by atomic mass is 10.0. The highest BCUT2D eigenvalue weighted by molar-refractivity contribution is 7.18. The number of quaternary nitrogens is 1. The van der Waals surface area contributed by atoms with Gasteiger partial charge in [0.05, 0.1) is 16.8 Å². The van der Waals surface area contributed by atoms with E-state index in [2.05, 4.69) is 56.4 Å². The number of thiazole rings is 1. The third kappa shape index (κ3) is 3.96. The van der Waals surface area contributed by atoms with Gasteiger partial charge in [-0.15, -0.1) is 11.3 Å². The maximum atomic E-state index is 12.9. The summed E-state index contributed by atoms with van der Waals surface area (Å²) in [5.41, 5.74) is 5.52. The molecule has 1 aliphatic heterocycles. The van der Waals surface area contributed by atoms with Crippen molar-refractivity contribution in [3.05, 3.63) is 58.1 Å². The smallest absolute Gasteiger partial charge is 0.279 e. The number of nitrogens with zero attached hydrogens (tertiary/aromatic N) is 1. The Labute approximate surface area is 170 Å². The van der Waals surface area contributed by atoms with Gasteiger partial charge < -0.3 is 10.2 Å². The highest BCUT2D eigenvalue weighted by Gasteiger charge is 2.32. The number of hydrogen-bond donors (Lipinski definition) is 2. The monoisotopic (exact) mass is 394 g/mol. The van der Waals surface area contributed by atoms with Crippen LogP contribution in [-0.2, 0) is 4.79 Å². The van der Waals surface area contributed by atoms with E-state index in [4.69, 9.17) is 4.98 Å². The zero-order valence-electron chi connectivity index (χ0n) is 16.8. The molecule has 1 unspecified atom stereocenters. The molecule has 2 atom stereocenters. The molecule has 1 fully saturated rings. The number of likely N-dealkylation sites (tertiary alicyclic amines) is 1. The Balaban J connectivity index is 1.51. The fraction of sp³-hybridized carbons (Fsp3) is 0.391. The minimum atomic E-state index is 0.0954. The van der Waals surface area contributed by atoms with Crippen LogP contribution in [0.1, 0.15) is 47.0 Å². The van der Waals surface area contributed by atoms with Crippen LogP contribution in [0.15, 0.2) is 36.4 Å². The van der Waals surface area contributed by atoms with Gasteiger partial charge in [-0.2, -0.15) is 0 Å². The van der Waals surface area contributed by atoms with Crippen molar-refractivity contribution in [2.24, 2.45) is 0 Å². The van der Waals surface area contributed by atoms with Crippen LogP contribution in [0.2, 0.25) is 0 Å². The van der Waals surface area contributed by atoms with E-state index in [1.54, 1.807) is 11.3 Å². The third-order valence-electron chi connectivity index (χ3n) is 5.67. The number of piperidine rings is 1. The molecule has 1 aliphatic rings. The molecule has 1 amide bonds. The SMILES string of the molecule is Cc1cc(C)c(NC(=O)C[NH+]2CCCC[C@@H]2c2nc3ccccc3s2)c(C)c1. The van der Waals surface area contributed by atoms with Crippen LogP contribution >= 0.6 is 11.3 Å². The number of carbonyl (C=O) groups is 1. The molecular weight excluding hydrogens is 366 g/mol. The average molecular weight is 395 g/mol. The number of aryl methyl sites for hydroxylation is 3. The standard InChI is InChI=1S/C23H27N3OS/c1-15-12-16(2)22(17(3)13-15)25-21(27)14-26-11-7-6-9-19(26)23-24-18-8-4-5-10-20(18)28-23/h4-5,8,10,12-13,19H,6-7,9,11,14H2,1-3H3,(H,25,27)/p+1/t19-/m1/s1. The van der Waals surface area contributed by atoms with E-state index in [1.165, 1.54) is 33.0 Å². The summed E-state index contributed by atoms with van der Waals surface area (Å²) in [4.78, 5) is 19.1. The minimum absolute atomic E-state index is 0.0954. The summed E-state index contributed by atoms with van der Waals surface area (Å²) in [5, 5.41) is 4.35. The van der Waals surface area contributed by atoms with Crippen LogP contribution in [0, 0.1) is 20.8 Å². The van der Waals surface area contributed by atoms with E-state index in [-0.39, 0.29) is 5.91 Å². The van der Waals surface area contributed by atoms with E-state index >= 15 is 0 Å². The number of carbonyl (C=O) groups excluding carboxylic acids is 1. The van der Waals surface area contributed by atoms with E-state index in [0.29, 0.717) is 12.6 Å². The molecule has 0 radical (unpaired) electrons. The van der Waals surface area contributed by atoms with Gasteiger partial charge in [-0.3, -0.25) is 4.79 Å². The molecule has 5 heteroatoms. The highest BCUT2D eigenvalue weighted by Crippen LogP contribution is 2.28. The molecule has 146 valence electrons. The van der Waals surface area contributed by atoms with E-state index in [1.807, 2.05) is 6.07 Å². The number of benzene rings is 2. The zero-order valence-corrected chi connectivity index (χ0v) is 17.7. The van der Waals surface area contributed by atoms with Gasteiger partial charge in [0.15, 0.2) is 11.6 Å². The van der Waals surface area contributed by atoms with Gasteiger partial charge in [0, 0.05) is 12.1 Å². The van der Waals surface area contributed by atoms with Crippen molar-refractivity contribution in [1.29, 1.82) is 0 Å². The first-order valence-electron chi connectivity index (χ1n) is 10.1. The van der Waals surface area contributed by atoms with Gasteiger partial charge in [-0.1, -0.05) is 29.8 Å². The van der Waals surface area contributed by atoms with Crippen LogP contribution in [0.4, 0.5) is 5.69 Å². The number of para-hydroxylation sites is 1. The quantitative estimate of drug-likeness (QED) is 0.703. The molecule has 1 saturated heterocycles. The molecule has 1 aromatic heterocycles. The van der Waals surface area contributed by atoms with E-state index in [9.17, 15) is 4.79 Å². The second-order valence-electron chi connectivity index (χ2n) is 7.98. The number of rotatable bonds is 4. The van der Waals surface area contributed by atoms with Gasteiger partial charge in [0.25, 0.3) is 5.91 Å². The van der Waals surface area contributed by atoms with Gasteiger partial charge in [0.1, 0.15) is 6.04 Å². The molecule has 4 nitrogen and oxygen atoms in total. The first-order valence-corrected chi connectivity index (χ1v) is 10.9. The van der Waals surface area contributed by atoms with Gasteiger partial charge in [-0.05, 0) is 56.9 Å². The Morgan fingerprint density at radius 1 is 1.18 bits per heavy atom. The van der Waals surface area contributed by atoms with Crippen LogP contribution in [0.25, 0.3) is 10.2 Å². The molecular formula is C23H28N3OS+. The molecule has 0 saturated carbocycles. The lowest BCUT2D eigenvalue weighted by molar-refractivity contribution is -0.929. The van der Waals surface area contributed by atoms with Crippen molar-refractivity contribution in [1.82, 2.24) is 4.98 Å². The average Bonchev–Trinajstić information content (AvgIpc) is 3.09. The van der Waals surface area contributed by atoms with Crippen LogP contribution in [0.5, 0.6) is 0 Å². The second-order valence-corrected chi connectivity index (χ2v) is 9.04. The molecule has 0 aliphatic carbocycles. The molecule has 0 bridgehead atoms. The lowest BCUT2D eigenvalue weighted by Gasteiger charge is -2.30. The van der Waals surface area contributed by atoms with Gasteiger partial charge in [0.2, 0.25) is 0 Å². The number of fused-ring (bicyclic) bond motifs is 1. The molecule has 2 heterocycles. The summed E-state index contributed by atoms with van der Waals surface area (Å²) in [6.45, 7) is 7.74. The Kier molecular flexibility index (Phi) is 5.47. The van der Waals surface area contributed by atoms with E-state index < -0.39 is 0 Å². The number of aromatic nitrogens is 1. The maximum absolute atomic E-state index is 12.9. The maximum Gasteiger partial charge on any atom is 0.279 e. The van der Waals surface area contributed by atoms with Gasteiger partial charge in [-0.25, -0.2) is 4.98 Å². The number of nitrogens with one attached hydrogen (secondary N) is 2. The van der Waals surface area contributed by atoms with Crippen molar-refractivity contribution in [3.8, 4) is 0 Å². The Bertz CT molecular complexity index is 954. The lowest BCUT2D eigenvalue weighted by Crippen LogP contribution is -3.14. The largest absolute Gasteiger partial charge is 0.321 e. The predicted octanol–water partition coefficient (Wildman–Crippen LogP) is 3.97. The Hall–Kier alpha value is -2.24. The van der Waals surface area contributed by atoms with Crippen molar-refractivity contribution in [3.63, 3.8) is 0 Å². The summed E-state index contributed by atoms with van der Waals surface area (Å²) in [6, 6.07) is 12.9.